The van der Waals surface area contributed by atoms with Crippen LogP contribution in [0.2, 0.25) is 0 Å². The van der Waals surface area contributed by atoms with Gasteiger partial charge in [-0.2, -0.15) is 5.10 Å². The van der Waals surface area contributed by atoms with Crippen LogP contribution in [0, 0.1) is 12.7 Å². The SMILES string of the molecule is CCn1cc(-c2ccc(CN)c(F)c2)c(C)n1. The van der Waals surface area contributed by atoms with Crippen molar-refractivity contribution < 1.29 is 4.39 Å². The van der Waals surface area contributed by atoms with E-state index in [0.29, 0.717) is 5.56 Å². The summed E-state index contributed by atoms with van der Waals surface area (Å²) in [6.07, 6.45) is 1.94. The molecule has 0 atom stereocenters. The maximum Gasteiger partial charge on any atom is 0.128 e. The highest BCUT2D eigenvalue weighted by atomic mass is 19.1. The van der Waals surface area contributed by atoms with Gasteiger partial charge in [0.1, 0.15) is 5.82 Å². The molecule has 0 radical (unpaired) electrons. The van der Waals surface area contributed by atoms with Gasteiger partial charge in [0.15, 0.2) is 0 Å². The van der Waals surface area contributed by atoms with E-state index in [9.17, 15) is 4.39 Å². The van der Waals surface area contributed by atoms with Crippen molar-refractivity contribution >= 4 is 0 Å². The number of hydrogen-bond donors (Lipinski definition) is 1. The van der Waals surface area contributed by atoms with Crippen LogP contribution >= 0.6 is 0 Å². The molecule has 0 fully saturated rings. The van der Waals surface area contributed by atoms with Crippen LogP contribution in [0.1, 0.15) is 18.2 Å². The van der Waals surface area contributed by atoms with E-state index in [1.54, 1.807) is 6.07 Å². The van der Waals surface area contributed by atoms with Crippen LogP contribution in [0.25, 0.3) is 11.1 Å². The summed E-state index contributed by atoms with van der Waals surface area (Å²) in [5.74, 6) is -0.256. The van der Waals surface area contributed by atoms with Crippen LogP contribution in [0.15, 0.2) is 24.4 Å². The first-order chi connectivity index (χ1) is 8.15. The Bertz CT molecular complexity index is 531. The Hall–Kier alpha value is -1.68. The van der Waals surface area contributed by atoms with Gasteiger partial charge < -0.3 is 5.73 Å². The Morgan fingerprint density at radius 2 is 2.18 bits per heavy atom. The van der Waals surface area contributed by atoms with E-state index >= 15 is 0 Å². The highest BCUT2D eigenvalue weighted by Crippen LogP contribution is 2.24. The molecule has 17 heavy (non-hydrogen) atoms. The molecule has 1 aromatic carbocycles. The fourth-order valence-electron chi connectivity index (χ4n) is 1.84. The maximum atomic E-state index is 13.6. The molecule has 0 aliphatic carbocycles. The number of aromatic nitrogens is 2. The highest BCUT2D eigenvalue weighted by Gasteiger charge is 2.09. The van der Waals surface area contributed by atoms with Gasteiger partial charge in [-0.25, -0.2) is 4.39 Å². The molecular weight excluding hydrogens is 217 g/mol. The number of nitrogens with zero attached hydrogens (tertiary/aromatic N) is 2. The van der Waals surface area contributed by atoms with Crippen LogP contribution in [0.5, 0.6) is 0 Å². The summed E-state index contributed by atoms with van der Waals surface area (Å²) in [5.41, 5.74) is 8.70. The van der Waals surface area contributed by atoms with Gasteiger partial charge in [-0.05, 0) is 25.5 Å². The molecule has 2 aromatic rings. The predicted molar refractivity (Wildman–Crippen MR) is 65.9 cm³/mol. The normalized spacial score (nSPS) is 10.8. The van der Waals surface area contributed by atoms with Gasteiger partial charge in [0.25, 0.3) is 0 Å². The number of benzene rings is 1. The van der Waals surface area contributed by atoms with E-state index in [1.165, 1.54) is 6.07 Å². The zero-order valence-electron chi connectivity index (χ0n) is 10.1. The van der Waals surface area contributed by atoms with Gasteiger partial charge in [-0.3, -0.25) is 4.68 Å². The van der Waals surface area contributed by atoms with Crippen molar-refractivity contribution in [2.75, 3.05) is 0 Å². The molecule has 0 amide bonds. The van der Waals surface area contributed by atoms with E-state index in [0.717, 1.165) is 23.4 Å². The third kappa shape index (κ3) is 2.22. The van der Waals surface area contributed by atoms with Crippen molar-refractivity contribution in [2.45, 2.75) is 26.9 Å². The lowest BCUT2D eigenvalue weighted by atomic mass is 10.0. The largest absolute Gasteiger partial charge is 0.326 e. The monoisotopic (exact) mass is 233 g/mol. The fraction of sp³-hybridized carbons (Fsp3) is 0.308. The number of nitrogens with two attached hydrogens (primary N) is 1. The molecule has 1 aromatic heterocycles. The molecule has 0 aliphatic rings. The van der Waals surface area contributed by atoms with E-state index in [-0.39, 0.29) is 12.4 Å². The molecular formula is C13H16FN3. The maximum absolute atomic E-state index is 13.6. The van der Waals surface area contributed by atoms with Gasteiger partial charge in [-0.15, -0.1) is 0 Å². The van der Waals surface area contributed by atoms with Gasteiger partial charge in [0, 0.05) is 30.4 Å². The second-order valence-electron chi connectivity index (χ2n) is 3.99. The molecule has 0 saturated heterocycles. The highest BCUT2D eigenvalue weighted by molar-refractivity contribution is 5.65. The van der Waals surface area contributed by atoms with Gasteiger partial charge in [-0.1, -0.05) is 12.1 Å². The van der Waals surface area contributed by atoms with Crippen molar-refractivity contribution in [3.63, 3.8) is 0 Å². The molecule has 0 spiro atoms. The predicted octanol–water partition coefficient (Wildman–Crippen LogP) is 2.48. The first kappa shape index (κ1) is 11.8. The van der Waals surface area contributed by atoms with Crippen molar-refractivity contribution in [1.29, 1.82) is 0 Å². The average Bonchev–Trinajstić information content (AvgIpc) is 2.70. The third-order valence-electron chi connectivity index (χ3n) is 2.85. The summed E-state index contributed by atoms with van der Waals surface area (Å²) < 4.78 is 15.5. The van der Waals surface area contributed by atoms with Crippen molar-refractivity contribution in [1.82, 2.24) is 9.78 Å². The van der Waals surface area contributed by atoms with Crippen LogP contribution in [0.4, 0.5) is 4.39 Å². The molecule has 90 valence electrons. The van der Waals surface area contributed by atoms with E-state index < -0.39 is 0 Å². The topological polar surface area (TPSA) is 43.8 Å². The van der Waals surface area contributed by atoms with Crippen LogP contribution in [-0.2, 0) is 13.1 Å². The minimum Gasteiger partial charge on any atom is -0.326 e. The summed E-state index contributed by atoms with van der Waals surface area (Å²) in [7, 11) is 0. The number of hydrogen-bond acceptors (Lipinski definition) is 2. The Labute approximate surface area is 100 Å². The zero-order chi connectivity index (χ0) is 12.4. The molecule has 4 heteroatoms. The molecule has 0 saturated carbocycles. The lowest BCUT2D eigenvalue weighted by Crippen LogP contribution is -1.99. The fourth-order valence-corrected chi connectivity index (χ4v) is 1.84. The number of rotatable bonds is 3. The molecule has 0 unspecified atom stereocenters. The molecule has 3 nitrogen and oxygen atoms in total. The van der Waals surface area contributed by atoms with Crippen molar-refractivity contribution in [3.05, 3.63) is 41.5 Å². The Kier molecular flexibility index (Phi) is 3.24. The van der Waals surface area contributed by atoms with Crippen molar-refractivity contribution in [3.8, 4) is 11.1 Å². The summed E-state index contributed by atoms with van der Waals surface area (Å²) in [6, 6.07) is 5.13. The van der Waals surface area contributed by atoms with Crippen LogP contribution in [-0.4, -0.2) is 9.78 Å². The molecule has 1 heterocycles. The van der Waals surface area contributed by atoms with Gasteiger partial charge in [0.2, 0.25) is 0 Å². The quantitative estimate of drug-likeness (QED) is 0.885. The Morgan fingerprint density at radius 3 is 2.71 bits per heavy atom. The van der Waals surface area contributed by atoms with Crippen LogP contribution in [0.3, 0.4) is 0 Å². The van der Waals surface area contributed by atoms with E-state index in [1.807, 2.05) is 30.8 Å². The Balaban J connectivity index is 2.45. The molecule has 2 rings (SSSR count). The van der Waals surface area contributed by atoms with Crippen molar-refractivity contribution in [2.24, 2.45) is 5.73 Å². The lowest BCUT2D eigenvalue weighted by molar-refractivity contribution is 0.611. The second kappa shape index (κ2) is 4.67. The summed E-state index contributed by atoms with van der Waals surface area (Å²) in [4.78, 5) is 0. The van der Waals surface area contributed by atoms with Crippen LogP contribution < -0.4 is 5.73 Å². The number of aryl methyl sites for hydroxylation is 2. The standard InChI is InChI=1S/C13H16FN3/c1-3-17-8-12(9(2)16-17)10-4-5-11(7-15)13(14)6-10/h4-6,8H,3,7,15H2,1-2H3. The second-order valence-corrected chi connectivity index (χ2v) is 3.99. The third-order valence-corrected chi connectivity index (χ3v) is 2.85. The number of halogens is 1. The van der Waals surface area contributed by atoms with Gasteiger partial charge in [0.05, 0.1) is 5.69 Å². The minimum absolute atomic E-state index is 0.222. The van der Waals surface area contributed by atoms with E-state index in [2.05, 4.69) is 5.10 Å². The minimum atomic E-state index is -0.256. The molecule has 0 bridgehead atoms. The molecule has 0 aliphatic heterocycles. The summed E-state index contributed by atoms with van der Waals surface area (Å²) in [5, 5.41) is 4.35. The van der Waals surface area contributed by atoms with Gasteiger partial charge >= 0.3 is 0 Å². The Morgan fingerprint density at radius 1 is 1.41 bits per heavy atom. The zero-order valence-corrected chi connectivity index (χ0v) is 10.1. The summed E-state index contributed by atoms with van der Waals surface area (Å²) >= 11 is 0. The molecule has 2 N–H and O–H groups in total. The first-order valence-corrected chi connectivity index (χ1v) is 5.68. The first-order valence-electron chi connectivity index (χ1n) is 5.68. The van der Waals surface area contributed by atoms with E-state index in [4.69, 9.17) is 5.73 Å². The lowest BCUT2D eigenvalue weighted by Gasteiger charge is -2.03. The average molecular weight is 233 g/mol. The smallest absolute Gasteiger partial charge is 0.128 e. The summed E-state index contributed by atoms with van der Waals surface area (Å²) in [6.45, 7) is 4.98.